The Morgan fingerprint density at radius 3 is 2.80 bits per heavy atom. The molecule has 4 N–H and O–H groups in total. The molecule has 0 atom stereocenters. The summed E-state index contributed by atoms with van der Waals surface area (Å²) in [7, 11) is 0. The van der Waals surface area contributed by atoms with Crippen LogP contribution in [0.15, 0.2) is 52.0 Å². The number of carbonyl (C=O) groups is 1. The zero-order valence-corrected chi connectivity index (χ0v) is 12.0. The molecule has 0 radical (unpaired) electrons. The van der Waals surface area contributed by atoms with Crippen molar-refractivity contribution in [2.75, 3.05) is 5.73 Å². The van der Waals surface area contributed by atoms with E-state index in [0.29, 0.717) is 16.8 Å². The van der Waals surface area contributed by atoms with Crippen molar-refractivity contribution in [3.8, 4) is 5.75 Å². The Morgan fingerprint density at radius 2 is 2.05 bits per heavy atom. The number of carbonyl (C=O) groups excluding carboxylic acids is 1. The molecule has 0 aromatic heterocycles. The Bertz CT molecular complexity index is 671. The van der Waals surface area contributed by atoms with Crippen molar-refractivity contribution in [3.05, 3.63) is 58.1 Å². The summed E-state index contributed by atoms with van der Waals surface area (Å²) in [5, 5.41) is 13.4. The van der Waals surface area contributed by atoms with Gasteiger partial charge in [0.15, 0.2) is 0 Å². The number of nitrogens with two attached hydrogens (primary N) is 1. The lowest BCUT2D eigenvalue weighted by Crippen LogP contribution is -2.19. The molecule has 0 saturated heterocycles. The summed E-state index contributed by atoms with van der Waals surface area (Å²) in [5.74, 6) is -0.334. The van der Waals surface area contributed by atoms with Gasteiger partial charge < -0.3 is 10.8 Å². The van der Waals surface area contributed by atoms with Gasteiger partial charge in [-0.05, 0) is 30.3 Å². The summed E-state index contributed by atoms with van der Waals surface area (Å²) >= 11 is 3.29. The SMILES string of the molecule is Nc1ccccc1C(=O)N/N=C\c1cc(Br)ccc1O. The number of hydrazone groups is 1. The molecule has 0 saturated carbocycles. The fourth-order valence-corrected chi connectivity index (χ4v) is 1.93. The largest absolute Gasteiger partial charge is 0.507 e. The zero-order valence-electron chi connectivity index (χ0n) is 10.4. The molecule has 2 rings (SSSR count). The van der Waals surface area contributed by atoms with Crippen LogP contribution >= 0.6 is 15.9 Å². The first-order valence-corrected chi connectivity index (χ1v) is 6.53. The molecular weight excluding hydrogens is 322 g/mol. The fourth-order valence-electron chi connectivity index (χ4n) is 1.55. The molecule has 5 nitrogen and oxygen atoms in total. The first-order valence-electron chi connectivity index (χ1n) is 5.74. The number of rotatable bonds is 3. The number of phenols is 1. The summed E-state index contributed by atoms with van der Waals surface area (Å²) in [5.41, 5.74) is 9.27. The van der Waals surface area contributed by atoms with Gasteiger partial charge in [0.2, 0.25) is 0 Å². The Kier molecular flexibility index (Phi) is 4.37. The molecule has 0 aliphatic carbocycles. The lowest BCUT2D eigenvalue weighted by Gasteiger charge is -2.03. The van der Waals surface area contributed by atoms with Crippen molar-refractivity contribution < 1.29 is 9.90 Å². The Hall–Kier alpha value is -2.34. The van der Waals surface area contributed by atoms with Crippen LogP contribution in [-0.2, 0) is 0 Å². The van der Waals surface area contributed by atoms with Crippen LogP contribution in [0.25, 0.3) is 0 Å². The molecule has 2 aromatic rings. The van der Waals surface area contributed by atoms with Crippen LogP contribution in [0.3, 0.4) is 0 Å². The molecule has 1 amide bonds. The lowest BCUT2D eigenvalue weighted by atomic mass is 10.2. The van der Waals surface area contributed by atoms with E-state index >= 15 is 0 Å². The summed E-state index contributed by atoms with van der Waals surface area (Å²) in [6, 6.07) is 11.6. The number of benzene rings is 2. The minimum absolute atomic E-state index is 0.0745. The number of halogens is 1. The number of para-hydroxylation sites is 1. The molecule has 0 fully saturated rings. The Balaban J connectivity index is 2.09. The number of phenolic OH excluding ortho intramolecular Hbond substituents is 1. The van der Waals surface area contributed by atoms with Crippen molar-refractivity contribution in [3.63, 3.8) is 0 Å². The molecule has 0 aliphatic heterocycles. The maximum absolute atomic E-state index is 11.8. The highest BCUT2D eigenvalue weighted by molar-refractivity contribution is 9.10. The van der Waals surface area contributed by atoms with Crippen molar-refractivity contribution in [2.24, 2.45) is 5.10 Å². The van der Waals surface area contributed by atoms with Crippen LogP contribution in [0.2, 0.25) is 0 Å². The van der Waals surface area contributed by atoms with Crippen LogP contribution < -0.4 is 11.2 Å². The molecule has 0 spiro atoms. The van der Waals surface area contributed by atoms with Crippen molar-refractivity contribution in [1.29, 1.82) is 0 Å². The van der Waals surface area contributed by atoms with E-state index in [9.17, 15) is 9.90 Å². The van der Waals surface area contributed by atoms with E-state index < -0.39 is 5.91 Å². The normalized spacial score (nSPS) is 10.7. The minimum Gasteiger partial charge on any atom is -0.507 e. The maximum atomic E-state index is 11.8. The van der Waals surface area contributed by atoms with Gasteiger partial charge in [0, 0.05) is 15.7 Å². The second-order valence-electron chi connectivity index (χ2n) is 3.99. The maximum Gasteiger partial charge on any atom is 0.273 e. The monoisotopic (exact) mass is 333 g/mol. The quantitative estimate of drug-likeness (QED) is 0.458. The van der Waals surface area contributed by atoms with Crippen LogP contribution in [0.5, 0.6) is 5.75 Å². The van der Waals surface area contributed by atoms with E-state index in [4.69, 9.17) is 5.73 Å². The molecule has 102 valence electrons. The number of aromatic hydroxyl groups is 1. The number of hydrogen-bond donors (Lipinski definition) is 3. The standard InChI is InChI=1S/C14H12BrN3O2/c15-10-5-6-13(19)9(7-10)8-17-18-14(20)11-3-1-2-4-12(11)16/h1-8,19H,16H2,(H,18,20)/b17-8-. The highest BCUT2D eigenvalue weighted by Gasteiger charge is 2.07. The molecule has 0 bridgehead atoms. The smallest absolute Gasteiger partial charge is 0.273 e. The Labute approximate surface area is 124 Å². The van der Waals surface area contributed by atoms with Crippen LogP contribution in [0, 0.1) is 0 Å². The molecule has 6 heteroatoms. The molecule has 2 aromatic carbocycles. The van der Waals surface area contributed by atoms with Crippen LogP contribution in [0.4, 0.5) is 5.69 Å². The zero-order chi connectivity index (χ0) is 14.5. The third-order valence-corrected chi connectivity index (χ3v) is 3.06. The average molecular weight is 334 g/mol. The van der Waals surface area contributed by atoms with Gasteiger partial charge in [0.05, 0.1) is 11.8 Å². The fraction of sp³-hybridized carbons (Fsp3) is 0. The van der Waals surface area contributed by atoms with Crippen molar-refractivity contribution in [2.45, 2.75) is 0 Å². The first-order chi connectivity index (χ1) is 9.58. The highest BCUT2D eigenvalue weighted by atomic mass is 79.9. The van der Waals surface area contributed by atoms with Crippen molar-refractivity contribution >= 4 is 33.7 Å². The van der Waals surface area contributed by atoms with Crippen molar-refractivity contribution in [1.82, 2.24) is 5.43 Å². The summed E-state index contributed by atoms with van der Waals surface area (Å²) in [6.07, 6.45) is 1.36. The predicted molar refractivity (Wildman–Crippen MR) is 81.7 cm³/mol. The summed E-state index contributed by atoms with van der Waals surface area (Å²) in [6.45, 7) is 0. The number of anilines is 1. The van der Waals surface area contributed by atoms with E-state index in [1.807, 2.05) is 0 Å². The Morgan fingerprint density at radius 1 is 1.30 bits per heavy atom. The van der Waals surface area contributed by atoms with Gasteiger partial charge in [-0.25, -0.2) is 5.43 Å². The highest BCUT2D eigenvalue weighted by Crippen LogP contribution is 2.20. The summed E-state index contributed by atoms with van der Waals surface area (Å²) in [4.78, 5) is 11.8. The predicted octanol–water partition coefficient (Wildman–Crippen LogP) is 2.50. The van der Waals surface area contributed by atoms with E-state index in [0.717, 1.165) is 4.47 Å². The van der Waals surface area contributed by atoms with Gasteiger partial charge in [0.1, 0.15) is 5.75 Å². The van der Waals surface area contributed by atoms with E-state index in [2.05, 4.69) is 26.5 Å². The third kappa shape index (κ3) is 3.36. The van der Waals surface area contributed by atoms with Gasteiger partial charge in [-0.1, -0.05) is 28.1 Å². The lowest BCUT2D eigenvalue weighted by molar-refractivity contribution is 0.0956. The van der Waals surface area contributed by atoms with Gasteiger partial charge in [0.25, 0.3) is 5.91 Å². The van der Waals surface area contributed by atoms with Crippen LogP contribution in [0.1, 0.15) is 15.9 Å². The third-order valence-electron chi connectivity index (χ3n) is 2.56. The first kappa shape index (κ1) is 14.1. The number of nitrogens with zero attached hydrogens (tertiary/aromatic N) is 1. The van der Waals surface area contributed by atoms with Gasteiger partial charge >= 0.3 is 0 Å². The van der Waals surface area contributed by atoms with Gasteiger partial charge in [-0.2, -0.15) is 5.10 Å². The minimum atomic E-state index is -0.408. The van der Waals surface area contributed by atoms with E-state index in [1.165, 1.54) is 12.3 Å². The summed E-state index contributed by atoms with van der Waals surface area (Å²) < 4.78 is 0.801. The second-order valence-corrected chi connectivity index (χ2v) is 4.91. The van der Waals surface area contributed by atoms with Gasteiger partial charge in [-0.15, -0.1) is 0 Å². The van der Waals surface area contributed by atoms with E-state index in [1.54, 1.807) is 36.4 Å². The number of hydrogen-bond acceptors (Lipinski definition) is 4. The molecular formula is C14H12BrN3O2. The number of nitrogens with one attached hydrogen (secondary N) is 1. The number of amides is 1. The number of nitrogen functional groups attached to an aromatic ring is 1. The van der Waals surface area contributed by atoms with E-state index in [-0.39, 0.29) is 5.75 Å². The topological polar surface area (TPSA) is 87.7 Å². The molecule has 0 aliphatic rings. The second kappa shape index (κ2) is 6.21. The van der Waals surface area contributed by atoms with Gasteiger partial charge in [-0.3, -0.25) is 4.79 Å². The molecule has 20 heavy (non-hydrogen) atoms. The average Bonchev–Trinajstić information content (AvgIpc) is 2.43. The molecule has 0 unspecified atom stereocenters. The van der Waals surface area contributed by atoms with Crippen LogP contribution in [-0.4, -0.2) is 17.2 Å². The molecule has 0 heterocycles.